The van der Waals surface area contributed by atoms with Gasteiger partial charge in [-0.15, -0.1) is 0 Å². The van der Waals surface area contributed by atoms with E-state index in [0.717, 1.165) is 29.9 Å². The summed E-state index contributed by atoms with van der Waals surface area (Å²) in [6, 6.07) is 5.34. The predicted molar refractivity (Wildman–Crippen MR) is 76.4 cm³/mol. The lowest BCUT2D eigenvalue weighted by molar-refractivity contribution is -0.137. The Morgan fingerprint density at radius 3 is 2.52 bits per heavy atom. The number of hydrogen-bond donors (Lipinski definition) is 1. The molecule has 7 heteroatoms. The van der Waals surface area contributed by atoms with Crippen LogP contribution in [0.2, 0.25) is 5.02 Å². The minimum absolute atomic E-state index is 0.0478. The highest BCUT2D eigenvalue weighted by Crippen LogP contribution is 2.33. The second-order valence-corrected chi connectivity index (χ2v) is 5.12. The molecule has 0 saturated heterocycles. The number of hydrogen-bond acceptors (Lipinski definition) is 2. The van der Waals surface area contributed by atoms with Crippen molar-refractivity contribution in [1.29, 1.82) is 0 Å². The average molecular weight is 318 g/mol. The summed E-state index contributed by atoms with van der Waals surface area (Å²) < 4.78 is 39.9. The Kier molecular flexibility index (Phi) is 4.46. The van der Waals surface area contributed by atoms with Crippen LogP contribution in [0.25, 0.3) is 0 Å². The zero-order chi connectivity index (χ0) is 15.6. The first-order valence-electron chi connectivity index (χ1n) is 6.43. The van der Waals surface area contributed by atoms with Gasteiger partial charge in [-0.2, -0.15) is 18.3 Å². The summed E-state index contributed by atoms with van der Waals surface area (Å²) in [7, 11) is 1.80. The molecular weight excluding hydrogens is 303 g/mol. The summed E-state index contributed by atoms with van der Waals surface area (Å²) in [4.78, 5) is 0. The molecule has 0 bridgehead atoms. The third kappa shape index (κ3) is 3.91. The van der Waals surface area contributed by atoms with Gasteiger partial charge in [0.15, 0.2) is 0 Å². The Hall–Kier alpha value is -1.69. The van der Waals surface area contributed by atoms with Crippen molar-refractivity contribution in [3.8, 4) is 0 Å². The van der Waals surface area contributed by atoms with Crippen LogP contribution in [0.1, 0.15) is 23.9 Å². The van der Waals surface area contributed by atoms with E-state index in [-0.39, 0.29) is 5.02 Å². The third-order valence-electron chi connectivity index (χ3n) is 3.09. The molecule has 0 radical (unpaired) electrons. The molecule has 0 aliphatic carbocycles. The van der Waals surface area contributed by atoms with Gasteiger partial charge in [-0.25, -0.2) is 0 Å². The van der Waals surface area contributed by atoms with Crippen LogP contribution in [-0.4, -0.2) is 9.78 Å². The minimum atomic E-state index is -4.41. The number of benzene rings is 1. The molecule has 114 valence electrons. The molecule has 21 heavy (non-hydrogen) atoms. The van der Waals surface area contributed by atoms with Gasteiger partial charge in [-0.3, -0.25) is 4.68 Å². The normalized spacial score (nSPS) is 11.7. The van der Waals surface area contributed by atoms with Gasteiger partial charge in [0, 0.05) is 17.8 Å². The summed E-state index contributed by atoms with van der Waals surface area (Å²) in [5, 5.41) is 7.28. The van der Waals surface area contributed by atoms with E-state index >= 15 is 0 Å². The second kappa shape index (κ2) is 5.97. The molecule has 1 N–H and O–H groups in total. The van der Waals surface area contributed by atoms with E-state index in [0.29, 0.717) is 12.2 Å². The van der Waals surface area contributed by atoms with Gasteiger partial charge >= 0.3 is 6.18 Å². The van der Waals surface area contributed by atoms with Crippen molar-refractivity contribution in [3.63, 3.8) is 0 Å². The number of aromatic nitrogens is 2. The van der Waals surface area contributed by atoms with Gasteiger partial charge in [0.2, 0.25) is 0 Å². The number of nitrogens with zero attached hydrogens (tertiary/aromatic N) is 2. The fourth-order valence-corrected chi connectivity index (χ4v) is 2.19. The Balaban J connectivity index is 2.16. The topological polar surface area (TPSA) is 29.9 Å². The van der Waals surface area contributed by atoms with Crippen molar-refractivity contribution in [2.45, 2.75) is 26.1 Å². The SMILES string of the molecule is CCc1cc(CNc2cc(Cl)cc(C(F)(F)F)c2)n(C)n1. The van der Waals surface area contributed by atoms with Crippen molar-refractivity contribution in [3.05, 3.63) is 46.2 Å². The molecule has 2 aromatic rings. The van der Waals surface area contributed by atoms with Crippen LogP contribution in [0.15, 0.2) is 24.3 Å². The minimum Gasteiger partial charge on any atom is -0.379 e. The van der Waals surface area contributed by atoms with Crippen LogP contribution in [0.4, 0.5) is 18.9 Å². The maximum atomic E-state index is 12.7. The highest BCUT2D eigenvalue weighted by molar-refractivity contribution is 6.30. The molecule has 2 rings (SSSR count). The predicted octanol–water partition coefficient (Wildman–Crippen LogP) is 4.27. The molecule has 0 spiro atoms. The first kappa shape index (κ1) is 15.7. The maximum absolute atomic E-state index is 12.7. The van der Waals surface area contributed by atoms with E-state index in [9.17, 15) is 13.2 Å². The van der Waals surface area contributed by atoms with E-state index in [1.54, 1.807) is 11.7 Å². The molecule has 0 saturated carbocycles. The fourth-order valence-electron chi connectivity index (χ4n) is 1.96. The van der Waals surface area contributed by atoms with Crippen LogP contribution in [0.3, 0.4) is 0 Å². The standard InChI is InChI=1S/C14H15ClF3N3/c1-3-11-7-13(21(2)20-11)8-19-12-5-9(14(16,17)18)4-10(15)6-12/h4-7,19H,3,8H2,1-2H3. The molecule has 1 aromatic heterocycles. The summed E-state index contributed by atoms with van der Waals surface area (Å²) in [6.07, 6.45) is -3.60. The monoisotopic (exact) mass is 317 g/mol. The number of halogens is 4. The Morgan fingerprint density at radius 1 is 1.24 bits per heavy atom. The van der Waals surface area contributed by atoms with Crippen molar-refractivity contribution in [2.24, 2.45) is 7.05 Å². The van der Waals surface area contributed by atoms with E-state index in [2.05, 4.69) is 10.4 Å². The zero-order valence-electron chi connectivity index (χ0n) is 11.6. The van der Waals surface area contributed by atoms with E-state index < -0.39 is 11.7 Å². The molecule has 3 nitrogen and oxygen atoms in total. The van der Waals surface area contributed by atoms with Crippen LogP contribution in [0.5, 0.6) is 0 Å². The quantitative estimate of drug-likeness (QED) is 0.912. The van der Waals surface area contributed by atoms with Crippen molar-refractivity contribution >= 4 is 17.3 Å². The van der Waals surface area contributed by atoms with E-state index in [1.807, 2.05) is 13.0 Å². The molecule has 0 aliphatic rings. The molecule has 0 atom stereocenters. The van der Waals surface area contributed by atoms with Gasteiger partial charge < -0.3 is 5.32 Å². The van der Waals surface area contributed by atoms with Crippen LogP contribution < -0.4 is 5.32 Å². The molecule has 1 aromatic carbocycles. The first-order valence-corrected chi connectivity index (χ1v) is 6.81. The highest BCUT2D eigenvalue weighted by Gasteiger charge is 2.31. The molecule has 0 fully saturated rings. The average Bonchev–Trinajstić information content (AvgIpc) is 2.75. The summed E-state index contributed by atoms with van der Waals surface area (Å²) in [5.74, 6) is 0. The molecule has 0 aliphatic heterocycles. The first-order chi connectivity index (χ1) is 9.79. The van der Waals surface area contributed by atoms with Crippen LogP contribution in [0, 0.1) is 0 Å². The fraction of sp³-hybridized carbons (Fsp3) is 0.357. The lowest BCUT2D eigenvalue weighted by Gasteiger charge is -2.11. The number of anilines is 1. The van der Waals surface area contributed by atoms with Crippen molar-refractivity contribution in [1.82, 2.24) is 9.78 Å². The van der Waals surface area contributed by atoms with Gasteiger partial charge in [0.1, 0.15) is 0 Å². The number of rotatable bonds is 4. The van der Waals surface area contributed by atoms with E-state index in [4.69, 9.17) is 11.6 Å². The van der Waals surface area contributed by atoms with Gasteiger partial charge in [-0.05, 0) is 30.7 Å². The Bertz CT molecular complexity index is 635. The third-order valence-corrected chi connectivity index (χ3v) is 3.31. The smallest absolute Gasteiger partial charge is 0.379 e. The molecule has 0 unspecified atom stereocenters. The van der Waals surface area contributed by atoms with Crippen molar-refractivity contribution in [2.75, 3.05) is 5.32 Å². The lowest BCUT2D eigenvalue weighted by atomic mass is 10.2. The Morgan fingerprint density at radius 2 is 1.95 bits per heavy atom. The molecule has 0 amide bonds. The summed E-state index contributed by atoms with van der Waals surface area (Å²) in [5.41, 5.74) is 1.39. The van der Waals surface area contributed by atoms with Crippen LogP contribution >= 0.6 is 11.6 Å². The number of alkyl halides is 3. The van der Waals surface area contributed by atoms with E-state index in [1.165, 1.54) is 6.07 Å². The number of nitrogens with one attached hydrogen (secondary N) is 1. The highest BCUT2D eigenvalue weighted by atomic mass is 35.5. The number of aryl methyl sites for hydroxylation is 2. The maximum Gasteiger partial charge on any atom is 0.416 e. The van der Waals surface area contributed by atoms with Gasteiger partial charge in [0.25, 0.3) is 0 Å². The molecular formula is C14H15ClF3N3. The Labute approximate surface area is 125 Å². The zero-order valence-corrected chi connectivity index (χ0v) is 12.4. The largest absolute Gasteiger partial charge is 0.416 e. The summed E-state index contributed by atoms with van der Waals surface area (Å²) >= 11 is 5.74. The second-order valence-electron chi connectivity index (χ2n) is 4.68. The lowest BCUT2D eigenvalue weighted by Crippen LogP contribution is -2.08. The van der Waals surface area contributed by atoms with Crippen LogP contribution in [-0.2, 0) is 26.2 Å². The van der Waals surface area contributed by atoms with Gasteiger partial charge in [-0.1, -0.05) is 18.5 Å². The van der Waals surface area contributed by atoms with Gasteiger partial charge in [0.05, 0.1) is 23.5 Å². The molecule has 1 heterocycles. The summed E-state index contributed by atoms with van der Waals surface area (Å²) in [6.45, 7) is 2.37. The van der Waals surface area contributed by atoms with Crippen molar-refractivity contribution < 1.29 is 13.2 Å².